The van der Waals surface area contributed by atoms with Crippen molar-refractivity contribution in [1.82, 2.24) is 4.90 Å². The summed E-state index contributed by atoms with van der Waals surface area (Å²) in [6, 6.07) is 17.4. The standard InChI is InChI=1S/C22H27NO.BrH/c1-16-21-14-18-8-9-19(24)15-20(18)22(16,2)11-13-23(21)12-10-17-6-4-3-5-7-17;/h3-9,15-16,21,24H,10-14H2,1-2H3;1H/t16-,21-,22+;/m0./s1. The van der Waals surface area contributed by atoms with Gasteiger partial charge in [0.1, 0.15) is 5.75 Å². The van der Waals surface area contributed by atoms with Gasteiger partial charge in [-0.15, -0.1) is 17.0 Å². The number of phenols is 1. The first-order valence-corrected chi connectivity index (χ1v) is 9.18. The van der Waals surface area contributed by atoms with Crippen LogP contribution in [0.1, 0.15) is 37.0 Å². The number of phenolic OH excluding ortho intramolecular Hbond substituents is 1. The number of fused-ring (bicyclic) bond motifs is 4. The number of nitrogens with zero attached hydrogens (tertiary/aromatic N) is 1. The molecule has 0 unspecified atom stereocenters. The van der Waals surface area contributed by atoms with Gasteiger partial charge in [0.15, 0.2) is 0 Å². The van der Waals surface area contributed by atoms with E-state index in [2.05, 4.69) is 55.1 Å². The van der Waals surface area contributed by atoms with Crippen molar-refractivity contribution in [1.29, 1.82) is 0 Å². The highest BCUT2D eigenvalue weighted by atomic mass is 79.9. The molecule has 1 heterocycles. The summed E-state index contributed by atoms with van der Waals surface area (Å²) >= 11 is 0. The third kappa shape index (κ3) is 3.24. The summed E-state index contributed by atoms with van der Waals surface area (Å²) in [4.78, 5) is 2.70. The van der Waals surface area contributed by atoms with Crippen LogP contribution in [-0.4, -0.2) is 29.1 Å². The molecule has 0 aromatic heterocycles. The van der Waals surface area contributed by atoms with Gasteiger partial charge in [-0.3, -0.25) is 4.90 Å². The fraction of sp³-hybridized carbons (Fsp3) is 0.455. The highest BCUT2D eigenvalue weighted by Gasteiger charge is 2.48. The summed E-state index contributed by atoms with van der Waals surface area (Å²) in [6.45, 7) is 7.11. The zero-order chi connectivity index (χ0) is 16.7. The Kier molecular flexibility index (Phi) is 5.26. The summed E-state index contributed by atoms with van der Waals surface area (Å²) in [5.74, 6) is 1.03. The number of rotatable bonds is 3. The number of likely N-dealkylation sites (tertiary alicyclic amines) is 1. The van der Waals surface area contributed by atoms with E-state index in [1.54, 1.807) is 0 Å². The molecule has 0 amide bonds. The Morgan fingerprint density at radius 2 is 1.92 bits per heavy atom. The molecule has 1 fully saturated rings. The van der Waals surface area contributed by atoms with E-state index < -0.39 is 0 Å². The lowest BCUT2D eigenvalue weighted by Gasteiger charge is -2.54. The molecule has 134 valence electrons. The second-order valence-electron chi connectivity index (χ2n) is 7.84. The minimum atomic E-state index is 0. The molecule has 1 aliphatic heterocycles. The molecule has 4 rings (SSSR count). The van der Waals surface area contributed by atoms with Gasteiger partial charge in [-0.1, -0.05) is 50.2 Å². The van der Waals surface area contributed by atoms with Crippen LogP contribution in [0.5, 0.6) is 5.75 Å². The lowest BCUT2D eigenvalue weighted by molar-refractivity contribution is 0.0322. The highest BCUT2D eigenvalue weighted by Crippen LogP contribution is 2.49. The third-order valence-corrected chi connectivity index (χ3v) is 6.64. The number of benzene rings is 2. The zero-order valence-corrected chi connectivity index (χ0v) is 16.8. The van der Waals surface area contributed by atoms with Gasteiger partial charge in [0.2, 0.25) is 0 Å². The Hall–Kier alpha value is -1.32. The normalized spacial score (nSPS) is 28.1. The summed E-state index contributed by atoms with van der Waals surface area (Å²) in [7, 11) is 0. The predicted octanol–water partition coefficient (Wildman–Crippen LogP) is 4.74. The van der Waals surface area contributed by atoms with E-state index in [4.69, 9.17) is 0 Å². The van der Waals surface area contributed by atoms with Gasteiger partial charge in [-0.05, 0) is 66.0 Å². The van der Waals surface area contributed by atoms with Crippen LogP contribution >= 0.6 is 17.0 Å². The average Bonchev–Trinajstić information content (AvgIpc) is 2.59. The maximum atomic E-state index is 9.94. The van der Waals surface area contributed by atoms with E-state index in [1.807, 2.05) is 12.1 Å². The monoisotopic (exact) mass is 401 g/mol. The topological polar surface area (TPSA) is 23.5 Å². The smallest absolute Gasteiger partial charge is 0.115 e. The van der Waals surface area contributed by atoms with Crippen molar-refractivity contribution in [3.05, 3.63) is 65.2 Å². The lowest BCUT2D eigenvalue weighted by Crippen LogP contribution is -2.58. The van der Waals surface area contributed by atoms with Crippen molar-refractivity contribution in [2.24, 2.45) is 5.92 Å². The van der Waals surface area contributed by atoms with Gasteiger partial charge in [0.25, 0.3) is 0 Å². The van der Waals surface area contributed by atoms with Crippen molar-refractivity contribution < 1.29 is 5.11 Å². The number of hydrogen-bond donors (Lipinski definition) is 1. The van der Waals surface area contributed by atoms with Crippen LogP contribution in [0.3, 0.4) is 0 Å². The SMILES string of the molecule is Br.C[C@H]1[C@@H]2Cc3ccc(O)cc3[C@]1(C)CCN2CCc1ccccc1. The third-order valence-electron chi connectivity index (χ3n) is 6.64. The maximum absolute atomic E-state index is 9.94. The molecule has 2 bridgehead atoms. The second-order valence-corrected chi connectivity index (χ2v) is 7.84. The van der Waals surface area contributed by atoms with Crippen molar-refractivity contribution in [2.45, 2.75) is 44.6 Å². The molecule has 3 atom stereocenters. The van der Waals surface area contributed by atoms with E-state index in [-0.39, 0.29) is 22.4 Å². The minimum Gasteiger partial charge on any atom is -0.508 e. The Balaban J connectivity index is 0.00000182. The molecule has 2 aromatic rings. The van der Waals surface area contributed by atoms with Crippen molar-refractivity contribution in [3.8, 4) is 5.75 Å². The minimum absolute atomic E-state index is 0. The first-order chi connectivity index (χ1) is 11.6. The molecule has 1 saturated heterocycles. The quantitative estimate of drug-likeness (QED) is 0.802. The number of aromatic hydroxyl groups is 1. The van der Waals surface area contributed by atoms with Gasteiger partial charge < -0.3 is 5.11 Å². The zero-order valence-electron chi connectivity index (χ0n) is 15.1. The molecular formula is C22H28BrNO. The van der Waals surface area contributed by atoms with Gasteiger partial charge >= 0.3 is 0 Å². The van der Waals surface area contributed by atoms with Crippen molar-refractivity contribution in [2.75, 3.05) is 13.1 Å². The lowest BCUT2D eigenvalue weighted by atomic mass is 9.59. The first kappa shape index (κ1) is 18.5. The van der Waals surface area contributed by atoms with Crippen LogP contribution < -0.4 is 0 Å². The highest BCUT2D eigenvalue weighted by molar-refractivity contribution is 8.93. The molecular weight excluding hydrogens is 374 g/mol. The summed E-state index contributed by atoms with van der Waals surface area (Å²) < 4.78 is 0. The fourth-order valence-electron chi connectivity index (χ4n) is 4.89. The second kappa shape index (κ2) is 7.13. The predicted molar refractivity (Wildman–Crippen MR) is 109 cm³/mol. The summed E-state index contributed by atoms with van der Waals surface area (Å²) in [6.07, 6.45) is 3.42. The molecule has 1 N–H and O–H groups in total. The Bertz CT molecular complexity index is 732. The number of hydrogen-bond acceptors (Lipinski definition) is 2. The Morgan fingerprint density at radius 1 is 1.16 bits per heavy atom. The van der Waals surface area contributed by atoms with Gasteiger partial charge in [-0.2, -0.15) is 0 Å². The van der Waals surface area contributed by atoms with Crippen LogP contribution in [0.4, 0.5) is 0 Å². The van der Waals surface area contributed by atoms with E-state index in [1.165, 1.54) is 23.1 Å². The van der Waals surface area contributed by atoms with Crippen molar-refractivity contribution >= 4 is 17.0 Å². The Labute approximate surface area is 161 Å². The average molecular weight is 402 g/mol. The van der Waals surface area contributed by atoms with E-state index in [9.17, 15) is 5.11 Å². The molecule has 2 aromatic carbocycles. The van der Waals surface area contributed by atoms with Crippen molar-refractivity contribution in [3.63, 3.8) is 0 Å². The molecule has 2 aliphatic rings. The molecule has 0 spiro atoms. The van der Waals surface area contributed by atoms with Crippen LogP contribution in [-0.2, 0) is 18.3 Å². The molecule has 3 heteroatoms. The van der Waals surface area contributed by atoms with Gasteiger partial charge in [0, 0.05) is 12.6 Å². The maximum Gasteiger partial charge on any atom is 0.115 e. The summed E-state index contributed by atoms with van der Waals surface area (Å²) in [5.41, 5.74) is 4.44. The molecule has 2 nitrogen and oxygen atoms in total. The summed E-state index contributed by atoms with van der Waals surface area (Å²) in [5, 5.41) is 9.94. The number of piperidine rings is 1. The largest absolute Gasteiger partial charge is 0.508 e. The van der Waals surface area contributed by atoms with E-state index >= 15 is 0 Å². The first-order valence-electron chi connectivity index (χ1n) is 9.18. The van der Waals surface area contributed by atoms with E-state index in [0.29, 0.717) is 17.7 Å². The van der Waals surface area contributed by atoms with Crippen LogP contribution in [0.15, 0.2) is 48.5 Å². The van der Waals surface area contributed by atoms with Crippen LogP contribution in [0.2, 0.25) is 0 Å². The Morgan fingerprint density at radius 3 is 2.68 bits per heavy atom. The van der Waals surface area contributed by atoms with Crippen LogP contribution in [0, 0.1) is 5.92 Å². The van der Waals surface area contributed by atoms with E-state index in [0.717, 1.165) is 25.9 Å². The molecule has 0 radical (unpaired) electrons. The van der Waals surface area contributed by atoms with Gasteiger partial charge in [-0.25, -0.2) is 0 Å². The molecule has 1 aliphatic carbocycles. The van der Waals surface area contributed by atoms with Crippen LogP contribution in [0.25, 0.3) is 0 Å². The molecule has 25 heavy (non-hydrogen) atoms. The number of halogens is 1. The van der Waals surface area contributed by atoms with Gasteiger partial charge in [0.05, 0.1) is 0 Å². The fourth-order valence-corrected chi connectivity index (χ4v) is 4.89. The molecule has 0 saturated carbocycles.